The van der Waals surface area contributed by atoms with Crippen LogP contribution in [-0.4, -0.2) is 56.5 Å². The van der Waals surface area contributed by atoms with Crippen molar-refractivity contribution in [2.45, 2.75) is 57.3 Å². The summed E-state index contributed by atoms with van der Waals surface area (Å²) >= 11 is 5.76. The molecule has 1 unspecified atom stereocenters. The van der Waals surface area contributed by atoms with Gasteiger partial charge in [0.05, 0.1) is 30.4 Å². The van der Waals surface area contributed by atoms with Gasteiger partial charge in [-0.3, -0.25) is 4.79 Å². The van der Waals surface area contributed by atoms with Gasteiger partial charge in [-0.2, -0.15) is 0 Å². The molecule has 1 saturated heterocycles. The number of methoxy groups -OCH3 is 1. The molecular formula is C19H29BClFN2O5. The van der Waals surface area contributed by atoms with Crippen molar-refractivity contribution < 1.29 is 28.0 Å². The molecule has 2 rings (SSSR count). The van der Waals surface area contributed by atoms with Gasteiger partial charge in [0.15, 0.2) is 11.6 Å². The molecular weight excluding hydrogens is 401 g/mol. The largest absolute Gasteiger partial charge is 0.490 e. The van der Waals surface area contributed by atoms with Gasteiger partial charge in [0, 0.05) is 18.6 Å². The second kappa shape index (κ2) is 9.62. The number of rotatable bonds is 9. The molecule has 0 radical (unpaired) electrons. The fourth-order valence-corrected chi connectivity index (χ4v) is 2.92. The van der Waals surface area contributed by atoms with Crippen molar-refractivity contribution in [3.8, 4) is 5.75 Å². The lowest BCUT2D eigenvalue weighted by molar-refractivity contribution is -0.123. The molecule has 7 nitrogen and oxygen atoms in total. The summed E-state index contributed by atoms with van der Waals surface area (Å²) in [5.74, 6) is -1.44. The highest BCUT2D eigenvalue weighted by Crippen LogP contribution is 2.37. The normalized spacial score (nSPS) is 19.7. The van der Waals surface area contributed by atoms with Crippen LogP contribution in [0.15, 0.2) is 18.2 Å². The number of ether oxygens (including phenoxy) is 2. The van der Waals surface area contributed by atoms with Gasteiger partial charge in [-0.05, 0) is 45.9 Å². The standard InChI is InChI=1S/C19H29BClFN2O5/c1-18(2)19(3,4)29-20(28-18)16(24-17(25)14(23)11-26-5)8-9-27-15-7-6-12(21)10-13(15)22/h6-7,10,14,16H,8-9,11,23H2,1-5H3,(H,24,25)/t14?,16-/m1/s1. The molecule has 2 atom stereocenters. The lowest BCUT2D eigenvalue weighted by Crippen LogP contribution is -2.54. The smallest absolute Gasteiger partial charge is 0.481 e. The van der Waals surface area contributed by atoms with Crippen LogP contribution in [0, 0.1) is 5.82 Å². The van der Waals surface area contributed by atoms with Crippen LogP contribution in [0.2, 0.25) is 5.02 Å². The molecule has 162 valence electrons. The van der Waals surface area contributed by atoms with Crippen LogP contribution in [0.25, 0.3) is 0 Å². The monoisotopic (exact) mass is 430 g/mol. The summed E-state index contributed by atoms with van der Waals surface area (Å²) < 4.78 is 36.5. The van der Waals surface area contributed by atoms with Gasteiger partial charge in [-0.1, -0.05) is 11.6 Å². The predicted octanol–water partition coefficient (Wildman–Crippen LogP) is 2.34. The van der Waals surface area contributed by atoms with Crippen LogP contribution in [-0.2, 0) is 18.8 Å². The average Bonchev–Trinajstić information content (AvgIpc) is 2.83. The van der Waals surface area contributed by atoms with E-state index in [-0.39, 0.29) is 24.0 Å². The Hall–Kier alpha value is -1.39. The number of hydrogen-bond donors (Lipinski definition) is 2. The lowest BCUT2D eigenvalue weighted by Gasteiger charge is -2.32. The first-order valence-corrected chi connectivity index (χ1v) is 9.83. The van der Waals surface area contributed by atoms with E-state index in [1.54, 1.807) is 0 Å². The van der Waals surface area contributed by atoms with Crippen LogP contribution >= 0.6 is 11.6 Å². The van der Waals surface area contributed by atoms with E-state index in [1.807, 2.05) is 27.7 Å². The van der Waals surface area contributed by atoms with Gasteiger partial charge >= 0.3 is 7.12 Å². The number of amides is 1. The zero-order chi connectivity index (χ0) is 21.8. The van der Waals surface area contributed by atoms with Crippen LogP contribution in [0.5, 0.6) is 5.75 Å². The second-order valence-electron chi connectivity index (χ2n) is 8.01. The first-order valence-electron chi connectivity index (χ1n) is 9.45. The molecule has 1 heterocycles. The van der Waals surface area contributed by atoms with Crippen molar-refractivity contribution in [1.82, 2.24) is 5.32 Å². The van der Waals surface area contributed by atoms with E-state index in [0.29, 0.717) is 6.42 Å². The molecule has 1 aliphatic heterocycles. The van der Waals surface area contributed by atoms with Crippen LogP contribution in [0.4, 0.5) is 4.39 Å². The van der Waals surface area contributed by atoms with Crippen molar-refractivity contribution in [3.63, 3.8) is 0 Å². The molecule has 1 fully saturated rings. The summed E-state index contributed by atoms with van der Waals surface area (Å²) in [6.07, 6.45) is 0.310. The van der Waals surface area contributed by atoms with Crippen molar-refractivity contribution in [1.29, 1.82) is 0 Å². The van der Waals surface area contributed by atoms with E-state index in [4.69, 9.17) is 36.1 Å². The molecule has 0 bridgehead atoms. The Bertz CT molecular complexity index is 706. The van der Waals surface area contributed by atoms with E-state index < -0.39 is 42.0 Å². The third-order valence-corrected chi connectivity index (χ3v) is 5.43. The fraction of sp³-hybridized carbons (Fsp3) is 0.632. The third-order valence-electron chi connectivity index (χ3n) is 5.19. The van der Waals surface area contributed by atoms with Gasteiger partial charge in [-0.15, -0.1) is 0 Å². The number of carbonyl (C=O) groups excluding carboxylic acids is 1. The maximum atomic E-state index is 13.9. The van der Waals surface area contributed by atoms with Crippen LogP contribution < -0.4 is 15.8 Å². The highest BCUT2D eigenvalue weighted by molar-refractivity contribution is 6.48. The predicted molar refractivity (Wildman–Crippen MR) is 109 cm³/mol. The number of nitrogens with two attached hydrogens (primary N) is 1. The Morgan fingerprint density at radius 3 is 2.48 bits per heavy atom. The van der Waals surface area contributed by atoms with Crippen molar-refractivity contribution >= 4 is 24.6 Å². The molecule has 1 aromatic rings. The SMILES string of the molecule is COCC(N)C(=O)N[C@H](CCOc1ccc(Cl)cc1F)B1OC(C)(C)C(C)(C)O1. The molecule has 1 aromatic carbocycles. The second-order valence-corrected chi connectivity index (χ2v) is 8.45. The summed E-state index contributed by atoms with van der Waals surface area (Å²) in [5, 5.41) is 3.12. The topological polar surface area (TPSA) is 92.0 Å². The Morgan fingerprint density at radius 2 is 1.93 bits per heavy atom. The van der Waals surface area contributed by atoms with Gasteiger partial charge in [-0.25, -0.2) is 4.39 Å². The van der Waals surface area contributed by atoms with Crippen molar-refractivity contribution in [2.75, 3.05) is 20.3 Å². The third kappa shape index (κ3) is 6.05. The van der Waals surface area contributed by atoms with Gasteiger partial charge in [0.25, 0.3) is 0 Å². The first kappa shape index (κ1) is 23.9. The quantitative estimate of drug-likeness (QED) is 0.584. The fourth-order valence-electron chi connectivity index (χ4n) is 2.76. The molecule has 0 aliphatic carbocycles. The Kier molecular flexibility index (Phi) is 7.92. The Labute approximate surface area is 176 Å². The number of nitrogens with one attached hydrogen (secondary N) is 1. The van der Waals surface area contributed by atoms with Gasteiger partial charge < -0.3 is 29.8 Å². The summed E-state index contributed by atoms with van der Waals surface area (Å²) in [6, 6.07) is 3.33. The maximum Gasteiger partial charge on any atom is 0.481 e. The highest BCUT2D eigenvalue weighted by atomic mass is 35.5. The minimum atomic E-state index is -0.834. The van der Waals surface area contributed by atoms with E-state index >= 15 is 0 Å². The van der Waals surface area contributed by atoms with E-state index in [2.05, 4.69) is 5.32 Å². The number of halogens is 2. The molecule has 0 saturated carbocycles. The molecule has 29 heavy (non-hydrogen) atoms. The zero-order valence-electron chi connectivity index (χ0n) is 17.5. The van der Waals surface area contributed by atoms with Crippen LogP contribution in [0.1, 0.15) is 34.1 Å². The molecule has 1 aliphatic rings. The lowest BCUT2D eigenvalue weighted by atomic mass is 9.76. The van der Waals surface area contributed by atoms with Crippen molar-refractivity contribution in [2.24, 2.45) is 5.73 Å². The summed E-state index contributed by atoms with van der Waals surface area (Å²) in [5.41, 5.74) is 4.68. The maximum absolute atomic E-state index is 13.9. The number of hydrogen-bond acceptors (Lipinski definition) is 6. The molecule has 0 aromatic heterocycles. The van der Waals surface area contributed by atoms with Crippen molar-refractivity contribution in [3.05, 3.63) is 29.0 Å². The van der Waals surface area contributed by atoms with E-state index in [9.17, 15) is 9.18 Å². The molecule has 1 amide bonds. The minimum Gasteiger partial charge on any atom is -0.490 e. The van der Waals surface area contributed by atoms with E-state index in [1.165, 1.54) is 25.3 Å². The average molecular weight is 431 g/mol. The molecule has 10 heteroatoms. The summed E-state index contributed by atoms with van der Waals surface area (Å²) in [6.45, 7) is 7.87. The van der Waals surface area contributed by atoms with Gasteiger partial charge in [0.1, 0.15) is 6.04 Å². The molecule has 3 N–H and O–H groups in total. The van der Waals surface area contributed by atoms with Crippen LogP contribution in [0.3, 0.4) is 0 Å². The molecule has 0 spiro atoms. The number of benzene rings is 1. The summed E-state index contributed by atoms with van der Waals surface area (Å²) in [7, 11) is 0.755. The summed E-state index contributed by atoms with van der Waals surface area (Å²) in [4.78, 5) is 12.4. The first-order chi connectivity index (χ1) is 13.5. The Morgan fingerprint density at radius 1 is 1.31 bits per heavy atom. The number of carbonyl (C=O) groups is 1. The van der Waals surface area contributed by atoms with Gasteiger partial charge in [0.2, 0.25) is 5.91 Å². The highest BCUT2D eigenvalue weighted by Gasteiger charge is 2.54. The zero-order valence-corrected chi connectivity index (χ0v) is 18.2. The Balaban J connectivity index is 2.07. The van der Waals surface area contributed by atoms with E-state index in [0.717, 1.165) is 0 Å². The minimum absolute atomic E-state index is 0.0736.